The lowest BCUT2D eigenvalue weighted by Gasteiger charge is -2.32. The number of aromatic nitrogens is 2. The molecule has 1 aliphatic rings. The van der Waals surface area contributed by atoms with Crippen molar-refractivity contribution in [3.05, 3.63) is 83.4 Å². The van der Waals surface area contributed by atoms with Crippen LogP contribution in [0.5, 0.6) is 0 Å². The number of carbonyl (C=O) groups is 1. The number of amides is 1. The van der Waals surface area contributed by atoms with Gasteiger partial charge in [-0.25, -0.2) is 23.1 Å². The van der Waals surface area contributed by atoms with E-state index in [4.69, 9.17) is 0 Å². The van der Waals surface area contributed by atoms with Crippen molar-refractivity contribution < 1.29 is 18.0 Å². The molecule has 1 amide bonds. The fourth-order valence-electron chi connectivity index (χ4n) is 3.57. The van der Waals surface area contributed by atoms with Crippen LogP contribution in [-0.2, 0) is 0 Å². The van der Waals surface area contributed by atoms with Crippen LogP contribution in [0.15, 0.2) is 54.7 Å². The van der Waals surface area contributed by atoms with Gasteiger partial charge in [0.2, 0.25) is 0 Å². The predicted molar refractivity (Wildman–Crippen MR) is 102 cm³/mol. The SMILES string of the molecule is O=C(c1ccc(F)cc1F)N1CCCC(c2ccnc(-c3ccc(F)cc3)n2)C1. The number of rotatable bonds is 3. The third-order valence-electron chi connectivity index (χ3n) is 5.07. The normalized spacial score (nSPS) is 16.7. The minimum absolute atomic E-state index is 0.0293. The van der Waals surface area contributed by atoms with E-state index in [9.17, 15) is 18.0 Å². The molecule has 1 unspecified atom stereocenters. The van der Waals surface area contributed by atoms with Crippen molar-refractivity contribution in [3.8, 4) is 11.4 Å². The molecule has 1 fully saturated rings. The van der Waals surface area contributed by atoms with Crippen LogP contribution in [-0.4, -0.2) is 33.9 Å². The van der Waals surface area contributed by atoms with E-state index in [0.29, 0.717) is 30.5 Å². The van der Waals surface area contributed by atoms with Crippen molar-refractivity contribution >= 4 is 5.91 Å². The van der Waals surface area contributed by atoms with Gasteiger partial charge in [-0.15, -0.1) is 0 Å². The summed E-state index contributed by atoms with van der Waals surface area (Å²) in [5, 5.41) is 0. The monoisotopic (exact) mass is 397 g/mol. The summed E-state index contributed by atoms with van der Waals surface area (Å²) < 4.78 is 40.3. The Labute approximate surface area is 166 Å². The van der Waals surface area contributed by atoms with Crippen LogP contribution in [0.4, 0.5) is 13.2 Å². The van der Waals surface area contributed by atoms with Crippen LogP contribution in [0, 0.1) is 17.5 Å². The van der Waals surface area contributed by atoms with E-state index in [0.717, 1.165) is 24.6 Å². The smallest absolute Gasteiger partial charge is 0.256 e. The summed E-state index contributed by atoms with van der Waals surface area (Å²) in [6.07, 6.45) is 3.21. The van der Waals surface area contributed by atoms with Gasteiger partial charge in [0.15, 0.2) is 5.82 Å². The molecule has 0 spiro atoms. The minimum atomic E-state index is -0.863. The van der Waals surface area contributed by atoms with E-state index in [1.807, 2.05) is 0 Å². The summed E-state index contributed by atoms with van der Waals surface area (Å²) >= 11 is 0. The van der Waals surface area contributed by atoms with Gasteiger partial charge in [0.1, 0.15) is 17.5 Å². The molecule has 148 valence electrons. The fourth-order valence-corrected chi connectivity index (χ4v) is 3.57. The van der Waals surface area contributed by atoms with Crippen molar-refractivity contribution in [3.63, 3.8) is 0 Å². The molecule has 1 aliphatic heterocycles. The van der Waals surface area contributed by atoms with Crippen LogP contribution in [0.25, 0.3) is 11.4 Å². The third-order valence-corrected chi connectivity index (χ3v) is 5.07. The first-order chi connectivity index (χ1) is 14.0. The van der Waals surface area contributed by atoms with Crippen LogP contribution >= 0.6 is 0 Å². The fraction of sp³-hybridized carbons (Fsp3) is 0.227. The van der Waals surface area contributed by atoms with Gasteiger partial charge >= 0.3 is 0 Å². The lowest BCUT2D eigenvalue weighted by Crippen LogP contribution is -2.39. The molecule has 0 N–H and O–H groups in total. The second-order valence-corrected chi connectivity index (χ2v) is 7.03. The third kappa shape index (κ3) is 4.13. The Morgan fingerprint density at radius 1 is 1.00 bits per heavy atom. The Hall–Kier alpha value is -3.22. The molecule has 0 bridgehead atoms. The highest BCUT2D eigenvalue weighted by atomic mass is 19.1. The first-order valence-electron chi connectivity index (χ1n) is 9.34. The average Bonchev–Trinajstić information content (AvgIpc) is 2.74. The molecule has 0 saturated carbocycles. The van der Waals surface area contributed by atoms with Gasteiger partial charge in [0.25, 0.3) is 5.91 Å². The van der Waals surface area contributed by atoms with E-state index >= 15 is 0 Å². The van der Waals surface area contributed by atoms with Crippen LogP contribution in [0.3, 0.4) is 0 Å². The van der Waals surface area contributed by atoms with Crippen molar-refractivity contribution in [2.24, 2.45) is 0 Å². The second kappa shape index (κ2) is 8.03. The molecule has 7 heteroatoms. The number of halogens is 3. The summed E-state index contributed by atoms with van der Waals surface area (Å²) in [5.74, 6) is -1.92. The zero-order chi connectivity index (χ0) is 20.4. The van der Waals surface area contributed by atoms with Gasteiger partial charge in [-0.3, -0.25) is 4.79 Å². The zero-order valence-corrected chi connectivity index (χ0v) is 15.5. The van der Waals surface area contributed by atoms with E-state index in [1.54, 1.807) is 29.3 Å². The van der Waals surface area contributed by atoms with Gasteiger partial charge in [-0.1, -0.05) is 0 Å². The van der Waals surface area contributed by atoms with Crippen molar-refractivity contribution in [1.29, 1.82) is 0 Å². The average molecular weight is 397 g/mol. The molecular weight excluding hydrogens is 379 g/mol. The molecule has 1 aromatic heterocycles. The molecular formula is C22H18F3N3O. The first-order valence-corrected chi connectivity index (χ1v) is 9.34. The topological polar surface area (TPSA) is 46.1 Å². The number of benzene rings is 2. The maximum Gasteiger partial charge on any atom is 0.256 e. The highest BCUT2D eigenvalue weighted by Gasteiger charge is 2.28. The van der Waals surface area contributed by atoms with E-state index in [-0.39, 0.29) is 17.3 Å². The van der Waals surface area contributed by atoms with E-state index in [1.165, 1.54) is 18.2 Å². The number of nitrogens with zero attached hydrogens (tertiary/aromatic N) is 3. The number of carbonyl (C=O) groups excluding carboxylic acids is 1. The molecule has 4 rings (SSSR count). The van der Waals surface area contributed by atoms with Crippen molar-refractivity contribution in [1.82, 2.24) is 14.9 Å². The summed E-state index contributed by atoms with van der Waals surface area (Å²) in [7, 11) is 0. The quantitative estimate of drug-likeness (QED) is 0.650. The van der Waals surface area contributed by atoms with Gasteiger partial charge in [-0.2, -0.15) is 0 Å². The molecule has 1 saturated heterocycles. The Bertz CT molecular complexity index is 1040. The van der Waals surface area contributed by atoms with Gasteiger partial charge in [0, 0.05) is 42.5 Å². The van der Waals surface area contributed by atoms with Crippen molar-refractivity contribution in [2.45, 2.75) is 18.8 Å². The molecule has 1 atom stereocenters. The zero-order valence-electron chi connectivity index (χ0n) is 15.5. The van der Waals surface area contributed by atoms with Crippen molar-refractivity contribution in [2.75, 3.05) is 13.1 Å². The Kier molecular flexibility index (Phi) is 5.29. The summed E-state index contributed by atoms with van der Waals surface area (Å²) in [4.78, 5) is 23.2. The van der Waals surface area contributed by atoms with Crippen LogP contribution < -0.4 is 0 Å². The molecule has 4 nitrogen and oxygen atoms in total. The maximum atomic E-state index is 14.0. The Morgan fingerprint density at radius 3 is 2.52 bits per heavy atom. The van der Waals surface area contributed by atoms with E-state index in [2.05, 4.69) is 9.97 Å². The minimum Gasteiger partial charge on any atom is -0.338 e. The van der Waals surface area contributed by atoms with Crippen LogP contribution in [0.1, 0.15) is 34.8 Å². The molecule has 2 aromatic carbocycles. The lowest BCUT2D eigenvalue weighted by molar-refractivity contribution is 0.0701. The summed E-state index contributed by atoms with van der Waals surface area (Å²) in [6.45, 7) is 0.886. The first kappa shape index (κ1) is 19.1. The summed E-state index contributed by atoms with van der Waals surface area (Å²) in [6, 6.07) is 10.7. The Morgan fingerprint density at radius 2 is 1.76 bits per heavy atom. The molecule has 0 aliphatic carbocycles. The Balaban J connectivity index is 1.55. The number of hydrogen-bond acceptors (Lipinski definition) is 3. The molecule has 3 aromatic rings. The molecule has 0 radical (unpaired) electrons. The second-order valence-electron chi connectivity index (χ2n) is 7.03. The molecule has 2 heterocycles. The lowest BCUT2D eigenvalue weighted by atomic mass is 9.94. The number of hydrogen-bond donors (Lipinski definition) is 0. The maximum absolute atomic E-state index is 14.0. The van der Waals surface area contributed by atoms with Crippen LogP contribution in [0.2, 0.25) is 0 Å². The van der Waals surface area contributed by atoms with Gasteiger partial charge in [0.05, 0.1) is 5.56 Å². The van der Waals surface area contributed by atoms with Gasteiger partial charge < -0.3 is 4.90 Å². The standard InChI is InChI=1S/C22H18F3N3O/c23-16-5-3-14(4-6-16)21-26-10-9-20(27-21)15-2-1-11-28(13-15)22(29)18-8-7-17(24)12-19(18)25/h3-10,12,15H,1-2,11,13H2. The highest BCUT2D eigenvalue weighted by Crippen LogP contribution is 2.28. The number of piperidine rings is 1. The number of likely N-dealkylation sites (tertiary alicyclic amines) is 1. The van der Waals surface area contributed by atoms with E-state index < -0.39 is 17.5 Å². The highest BCUT2D eigenvalue weighted by molar-refractivity contribution is 5.94. The summed E-state index contributed by atoms with van der Waals surface area (Å²) in [5.41, 5.74) is 1.34. The molecule has 29 heavy (non-hydrogen) atoms. The predicted octanol–water partition coefficient (Wildman–Crippen LogP) is 4.58. The largest absolute Gasteiger partial charge is 0.338 e. The van der Waals surface area contributed by atoms with Gasteiger partial charge in [-0.05, 0) is 55.3 Å².